The molecule has 0 aromatic rings. The van der Waals surface area contributed by atoms with Crippen LogP contribution in [0.1, 0.15) is 58.3 Å². The van der Waals surface area contributed by atoms with Crippen LogP contribution in [0.2, 0.25) is 0 Å². The molecule has 1 N–H and O–H groups in total. The van der Waals surface area contributed by atoms with E-state index >= 15 is 0 Å². The number of hydrogen-bond donors (Lipinski definition) is 1. The van der Waals surface area contributed by atoms with Gasteiger partial charge in [-0.2, -0.15) is 0 Å². The van der Waals surface area contributed by atoms with Crippen molar-refractivity contribution in [2.45, 2.75) is 69.9 Å². The molecule has 0 aromatic carbocycles. The average molecular weight is 211 g/mol. The van der Waals surface area contributed by atoms with E-state index in [1.807, 2.05) is 0 Å². The van der Waals surface area contributed by atoms with Crippen LogP contribution in [0.15, 0.2) is 0 Å². The van der Waals surface area contributed by atoms with Crippen LogP contribution in [0, 0.1) is 0 Å². The molecule has 0 heterocycles. The third-order valence-electron chi connectivity index (χ3n) is 3.86. The predicted octanol–water partition coefficient (Wildman–Crippen LogP) is 2.56. The molecule has 0 saturated heterocycles. The van der Waals surface area contributed by atoms with Gasteiger partial charge in [0.1, 0.15) is 0 Å². The molecule has 2 aliphatic carbocycles. The summed E-state index contributed by atoms with van der Waals surface area (Å²) in [6.07, 6.45) is 9.75. The molecule has 2 saturated carbocycles. The van der Waals surface area contributed by atoms with Crippen LogP contribution in [-0.4, -0.2) is 34.7 Å². The minimum Gasteiger partial charge on any atom is -0.389 e. The summed E-state index contributed by atoms with van der Waals surface area (Å²) in [6, 6.07) is 0.802. The van der Waals surface area contributed by atoms with Gasteiger partial charge in [-0.25, -0.2) is 0 Å². The third kappa shape index (κ3) is 3.18. The molecular weight excluding hydrogens is 186 g/mol. The second-order valence-corrected chi connectivity index (χ2v) is 5.49. The maximum Gasteiger partial charge on any atom is 0.0774 e. The summed E-state index contributed by atoms with van der Waals surface area (Å²) in [4.78, 5) is 2.53. The fourth-order valence-electron chi connectivity index (χ4n) is 2.86. The lowest BCUT2D eigenvalue weighted by Gasteiger charge is -2.37. The van der Waals surface area contributed by atoms with Crippen LogP contribution < -0.4 is 0 Å². The lowest BCUT2D eigenvalue weighted by molar-refractivity contribution is -0.0281. The molecule has 2 heteroatoms. The minimum atomic E-state index is -0.351. The van der Waals surface area contributed by atoms with E-state index < -0.39 is 0 Å². The van der Waals surface area contributed by atoms with E-state index in [-0.39, 0.29) is 5.60 Å². The second-order valence-electron chi connectivity index (χ2n) is 5.49. The van der Waals surface area contributed by atoms with E-state index in [1.54, 1.807) is 0 Å². The predicted molar refractivity (Wildman–Crippen MR) is 62.9 cm³/mol. The van der Waals surface area contributed by atoms with Gasteiger partial charge in [-0.05, 0) is 38.6 Å². The molecule has 0 amide bonds. The second kappa shape index (κ2) is 4.84. The van der Waals surface area contributed by atoms with Gasteiger partial charge in [-0.3, -0.25) is 4.90 Å². The molecule has 88 valence electrons. The number of aliphatic hydroxyl groups is 1. The Morgan fingerprint density at radius 3 is 2.40 bits per heavy atom. The number of hydrogen-bond acceptors (Lipinski definition) is 2. The van der Waals surface area contributed by atoms with Gasteiger partial charge in [0.25, 0.3) is 0 Å². The standard InChI is InChI=1S/C13H25NO/c1-2-10-14(12-6-7-12)11-13(15)8-4-3-5-9-13/h12,15H,2-11H2,1H3. The zero-order valence-corrected chi connectivity index (χ0v) is 10.0. The van der Waals surface area contributed by atoms with Crippen molar-refractivity contribution >= 4 is 0 Å². The van der Waals surface area contributed by atoms with E-state index in [2.05, 4.69) is 11.8 Å². The molecule has 0 bridgehead atoms. The summed E-state index contributed by atoms with van der Waals surface area (Å²) in [5, 5.41) is 10.5. The van der Waals surface area contributed by atoms with E-state index in [0.29, 0.717) is 0 Å². The van der Waals surface area contributed by atoms with Gasteiger partial charge in [0.2, 0.25) is 0 Å². The molecule has 2 aliphatic rings. The Morgan fingerprint density at radius 2 is 1.87 bits per heavy atom. The first kappa shape index (κ1) is 11.4. The first-order chi connectivity index (χ1) is 7.23. The minimum absolute atomic E-state index is 0.351. The van der Waals surface area contributed by atoms with Crippen LogP contribution in [0.25, 0.3) is 0 Å². The molecule has 0 unspecified atom stereocenters. The van der Waals surface area contributed by atoms with Crippen molar-refractivity contribution in [1.82, 2.24) is 4.90 Å². The summed E-state index contributed by atoms with van der Waals surface area (Å²) in [7, 11) is 0. The van der Waals surface area contributed by atoms with Gasteiger partial charge < -0.3 is 5.11 Å². The third-order valence-corrected chi connectivity index (χ3v) is 3.86. The Labute approximate surface area is 93.7 Å². The number of rotatable bonds is 5. The Hall–Kier alpha value is -0.0800. The fraction of sp³-hybridized carbons (Fsp3) is 1.00. The summed E-state index contributed by atoms with van der Waals surface area (Å²) >= 11 is 0. The molecule has 0 aliphatic heterocycles. The Balaban J connectivity index is 1.85. The van der Waals surface area contributed by atoms with Gasteiger partial charge in [-0.15, -0.1) is 0 Å². The first-order valence-corrected chi connectivity index (χ1v) is 6.70. The molecule has 2 nitrogen and oxygen atoms in total. The molecule has 0 spiro atoms. The molecule has 15 heavy (non-hydrogen) atoms. The van der Waals surface area contributed by atoms with Crippen LogP contribution in [0.5, 0.6) is 0 Å². The van der Waals surface area contributed by atoms with E-state index in [4.69, 9.17) is 0 Å². The van der Waals surface area contributed by atoms with Crippen LogP contribution in [0.4, 0.5) is 0 Å². The summed E-state index contributed by atoms with van der Waals surface area (Å²) in [6.45, 7) is 4.35. The Morgan fingerprint density at radius 1 is 1.20 bits per heavy atom. The SMILES string of the molecule is CCCN(CC1(O)CCCCC1)C1CC1. The van der Waals surface area contributed by atoms with Crippen molar-refractivity contribution < 1.29 is 5.11 Å². The smallest absolute Gasteiger partial charge is 0.0774 e. The summed E-state index contributed by atoms with van der Waals surface area (Å²) < 4.78 is 0. The van der Waals surface area contributed by atoms with Crippen LogP contribution in [0.3, 0.4) is 0 Å². The first-order valence-electron chi connectivity index (χ1n) is 6.70. The van der Waals surface area contributed by atoms with Crippen molar-refractivity contribution in [3.63, 3.8) is 0 Å². The average Bonchev–Trinajstić information content (AvgIpc) is 3.01. The largest absolute Gasteiger partial charge is 0.389 e. The van der Waals surface area contributed by atoms with Crippen LogP contribution in [-0.2, 0) is 0 Å². The van der Waals surface area contributed by atoms with Crippen LogP contribution >= 0.6 is 0 Å². The Bertz CT molecular complexity index is 195. The van der Waals surface area contributed by atoms with Gasteiger partial charge in [0, 0.05) is 12.6 Å². The highest BCUT2D eigenvalue weighted by molar-refractivity contribution is 4.91. The monoisotopic (exact) mass is 211 g/mol. The summed E-state index contributed by atoms with van der Waals surface area (Å²) in [5.74, 6) is 0. The van der Waals surface area contributed by atoms with Gasteiger partial charge in [0.05, 0.1) is 5.60 Å². The van der Waals surface area contributed by atoms with Crippen molar-refractivity contribution in [2.24, 2.45) is 0 Å². The molecular formula is C13H25NO. The fourth-order valence-corrected chi connectivity index (χ4v) is 2.86. The normalized spacial score (nSPS) is 25.8. The van der Waals surface area contributed by atoms with Crippen molar-refractivity contribution in [3.05, 3.63) is 0 Å². The maximum atomic E-state index is 10.5. The highest BCUT2D eigenvalue weighted by atomic mass is 16.3. The molecule has 2 rings (SSSR count). The van der Waals surface area contributed by atoms with Crippen molar-refractivity contribution in [1.29, 1.82) is 0 Å². The van der Waals surface area contributed by atoms with Gasteiger partial charge in [-0.1, -0.05) is 26.2 Å². The highest BCUT2D eigenvalue weighted by Crippen LogP contribution is 2.33. The van der Waals surface area contributed by atoms with E-state index in [9.17, 15) is 5.11 Å². The zero-order chi connectivity index (χ0) is 10.7. The van der Waals surface area contributed by atoms with E-state index in [0.717, 1.165) is 25.4 Å². The molecule has 2 fully saturated rings. The quantitative estimate of drug-likeness (QED) is 0.755. The van der Waals surface area contributed by atoms with Gasteiger partial charge >= 0.3 is 0 Å². The molecule has 0 aromatic heterocycles. The molecule has 0 atom stereocenters. The summed E-state index contributed by atoms with van der Waals surface area (Å²) in [5.41, 5.74) is -0.351. The van der Waals surface area contributed by atoms with Crippen molar-refractivity contribution in [2.75, 3.05) is 13.1 Å². The maximum absolute atomic E-state index is 10.5. The lowest BCUT2D eigenvalue weighted by Crippen LogP contribution is -2.45. The highest BCUT2D eigenvalue weighted by Gasteiger charge is 2.36. The van der Waals surface area contributed by atoms with Crippen molar-refractivity contribution in [3.8, 4) is 0 Å². The lowest BCUT2D eigenvalue weighted by atomic mass is 9.84. The molecule has 0 radical (unpaired) electrons. The Kier molecular flexibility index (Phi) is 3.68. The topological polar surface area (TPSA) is 23.5 Å². The van der Waals surface area contributed by atoms with Gasteiger partial charge in [0.15, 0.2) is 0 Å². The van der Waals surface area contributed by atoms with E-state index in [1.165, 1.54) is 45.1 Å². The number of nitrogens with zero attached hydrogens (tertiary/aromatic N) is 1. The zero-order valence-electron chi connectivity index (χ0n) is 10.0.